The van der Waals surface area contributed by atoms with Crippen molar-refractivity contribution in [2.24, 2.45) is 11.1 Å². The van der Waals surface area contributed by atoms with Crippen molar-refractivity contribution < 1.29 is 9.90 Å². The molecule has 1 aromatic carbocycles. The number of amides is 1. The summed E-state index contributed by atoms with van der Waals surface area (Å²) in [4.78, 5) is 12.4. The number of halogens is 1. The number of carbonyl (C=O) groups is 1. The van der Waals surface area contributed by atoms with Gasteiger partial charge in [0.05, 0.1) is 6.10 Å². The van der Waals surface area contributed by atoms with E-state index in [1.54, 1.807) is 0 Å². The number of aliphatic hydroxyl groups is 1. The van der Waals surface area contributed by atoms with Gasteiger partial charge in [-0.1, -0.05) is 36.2 Å². The highest BCUT2D eigenvalue weighted by Crippen LogP contribution is 2.60. The zero-order valence-corrected chi connectivity index (χ0v) is 12.7. The fourth-order valence-electron chi connectivity index (χ4n) is 3.70. The molecule has 0 heterocycles. The Labute approximate surface area is 129 Å². The van der Waals surface area contributed by atoms with E-state index in [9.17, 15) is 9.90 Å². The van der Waals surface area contributed by atoms with Crippen molar-refractivity contribution in [3.8, 4) is 0 Å². The van der Waals surface area contributed by atoms with Crippen LogP contribution in [-0.4, -0.2) is 29.2 Å². The molecule has 114 valence electrons. The molecule has 0 radical (unpaired) electrons. The first-order valence-corrected chi connectivity index (χ1v) is 7.86. The lowest BCUT2D eigenvalue weighted by molar-refractivity contribution is -0.192. The molecule has 0 saturated heterocycles. The van der Waals surface area contributed by atoms with Gasteiger partial charge >= 0.3 is 0 Å². The maximum Gasteiger partial charge on any atom is 0.240 e. The van der Waals surface area contributed by atoms with Crippen molar-refractivity contribution in [3.63, 3.8) is 0 Å². The molecule has 0 unspecified atom stereocenters. The van der Waals surface area contributed by atoms with E-state index >= 15 is 0 Å². The van der Waals surface area contributed by atoms with Crippen molar-refractivity contribution in [1.82, 2.24) is 5.32 Å². The zero-order valence-electron chi connectivity index (χ0n) is 11.9. The summed E-state index contributed by atoms with van der Waals surface area (Å²) >= 11 is 6.09. The maximum absolute atomic E-state index is 12.4. The van der Waals surface area contributed by atoms with Crippen LogP contribution in [0.25, 0.3) is 0 Å². The minimum Gasteiger partial charge on any atom is -0.392 e. The second kappa shape index (κ2) is 5.27. The van der Waals surface area contributed by atoms with Crippen LogP contribution in [-0.2, 0) is 11.2 Å². The summed E-state index contributed by atoms with van der Waals surface area (Å²) in [5.74, 6) is -0.139. The quantitative estimate of drug-likeness (QED) is 0.791. The zero-order chi connectivity index (χ0) is 15.1. The maximum atomic E-state index is 12.4. The molecule has 2 fully saturated rings. The fourth-order valence-corrected chi connectivity index (χ4v) is 3.93. The van der Waals surface area contributed by atoms with Crippen LogP contribution >= 0.6 is 11.6 Å². The molecule has 2 saturated carbocycles. The average molecular weight is 309 g/mol. The smallest absolute Gasteiger partial charge is 0.240 e. The molecule has 4 N–H and O–H groups in total. The van der Waals surface area contributed by atoms with E-state index in [2.05, 4.69) is 5.32 Å². The Hall–Kier alpha value is -1.10. The molecule has 2 aliphatic rings. The summed E-state index contributed by atoms with van der Waals surface area (Å²) in [6.45, 7) is 0.508. The van der Waals surface area contributed by atoms with Gasteiger partial charge < -0.3 is 16.2 Å². The molecule has 1 aromatic rings. The molecule has 5 heteroatoms. The second-order valence-corrected chi connectivity index (χ2v) is 6.71. The van der Waals surface area contributed by atoms with Gasteiger partial charge in [0.1, 0.15) is 5.54 Å². The van der Waals surface area contributed by atoms with Crippen LogP contribution in [0, 0.1) is 5.41 Å². The van der Waals surface area contributed by atoms with Crippen molar-refractivity contribution in [2.45, 2.75) is 43.7 Å². The number of carbonyl (C=O) groups excluding carboxylic acids is 1. The van der Waals surface area contributed by atoms with Gasteiger partial charge in [-0.05, 0) is 30.9 Å². The molecule has 0 bridgehead atoms. The molecule has 3 rings (SSSR count). The minimum atomic E-state index is -0.898. The molecule has 0 aliphatic heterocycles. The summed E-state index contributed by atoms with van der Waals surface area (Å²) < 4.78 is 0. The van der Waals surface area contributed by atoms with Gasteiger partial charge in [-0.2, -0.15) is 0 Å². The van der Waals surface area contributed by atoms with Crippen LogP contribution in [0.2, 0.25) is 5.02 Å². The lowest BCUT2D eigenvalue weighted by atomic mass is 9.44. The summed E-state index contributed by atoms with van der Waals surface area (Å²) in [6, 6.07) is 7.61. The fraction of sp³-hybridized carbons (Fsp3) is 0.562. The van der Waals surface area contributed by atoms with E-state index in [1.807, 2.05) is 24.3 Å². The third-order valence-corrected chi connectivity index (χ3v) is 5.70. The van der Waals surface area contributed by atoms with Gasteiger partial charge in [-0.3, -0.25) is 4.79 Å². The van der Waals surface area contributed by atoms with Crippen molar-refractivity contribution >= 4 is 17.5 Å². The minimum absolute atomic E-state index is 0.139. The number of nitrogens with two attached hydrogens (primary N) is 1. The number of aliphatic hydroxyl groups excluding tert-OH is 1. The van der Waals surface area contributed by atoms with Gasteiger partial charge in [0, 0.05) is 23.4 Å². The van der Waals surface area contributed by atoms with Gasteiger partial charge in [0.2, 0.25) is 5.91 Å². The molecule has 0 aromatic heterocycles. The van der Waals surface area contributed by atoms with Crippen molar-refractivity contribution in [3.05, 3.63) is 34.9 Å². The standard InChI is InChI=1S/C16H21ClN2O2/c17-12-5-2-1-4-11(12)6-9-19-14(21)16(18)10-13(20)15(16)7-3-8-15/h1-2,4-5,13,20H,3,6-10,18H2,(H,19,21)/t13-,16-/m0/s1. The van der Waals surface area contributed by atoms with Gasteiger partial charge in [0.15, 0.2) is 0 Å². The SMILES string of the molecule is N[C@]1(C(=O)NCCc2ccccc2Cl)C[C@H](O)C12CCC2. The Morgan fingerprint density at radius 3 is 2.71 bits per heavy atom. The Balaban J connectivity index is 1.57. The van der Waals surface area contributed by atoms with Crippen molar-refractivity contribution in [1.29, 1.82) is 0 Å². The van der Waals surface area contributed by atoms with Gasteiger partial charge in [-0.25, -0.2) is 0 Å². The van der Waals surface area contributed by atoms with E-state index < -0.39 is 11.6 Å². The number of benzene rings is 1. The second-order valence-electron chi connectivity index (χ2n) is 6.30. The molecule has 2 atom stereocenters. The largest absolute Gasteiger partial charge is 0.392 e. The highest BCUT2D eigenvalue weighted by atomic mass is 35.5. The monoisotopic (exact) mass is 308 g/mol. The van der Waals surface area contributed by atoms with Crippen LogP contribution in [0.3, 0.4) is 0 Å². The summed E-state index contributed by atoms with van der Waals surface area (Å²) in [5, 5.41) is 13.6. The number of hydrogen-bond donors (Lipinski definition) is 3. The third kappa shape index (κ3) is 2.17. The van der Waals surface area contributed by atoms with Crippen LogP contribution in [0.1, 0.15) is 31.2 Å². The van der Waals surface area contributed by atoms with Crippen LogP contribution in [0.5, 0.6) is 0 Å². The normalized spacial score (nSPS) is 29.6. The van der Waals surface area contributed by atoms with E-state index in [-0.39, 0.29) is 11.3 Å². The molecule has 21 heavy (non-hydrogen) atoms. The first kappa shape index (κ1) is 14.8. The summed E-state index contributed by atoms with van der Waals surface area (Å²) in [6.07, 6.45) is 3.36. The Bertz CT molecular complexity index is 559. The summed E-state index contributed by atoms with van der Waals surface area (Å²) in [7, 11) is 0. The van der Waals surface area contributed by atoms with Crippen LogP contribution < -0.4 is 11.1 Å². The lowest BCUT2D eigenvalue weighted by Gasteiger charge is -2.64. The Morgan fingerprint density at radius 2 is 2.14 bits per heavy atom. The van der Waals surface area contributed by atoms with E-state index in [0.29, 0.717) is 24.4 Å². The number of rotatable bonds is 4. The topological polar surface area (TPSA) is 75.4 Å². The van der Waals surface area contributed by atoms with Crippen molar-refractivity contribution in [2.75, 3.05) is 6.54 Å². The first-order valence-electron chi connectivity index (χ1n) is 7.48. The van der Waals surface area contributed by atoms with Gasteiger partial charge in [0.25, 0.3) is 0 Å². The van der Waals surface area contributed by atoms with E-state index in [0.717, 1.165) is 24.8 Å². The van der Waals surface area contributed by atoms with E-state index in [4.69, 9.17) is 17.3 Å². The molecular formula is C16H21ClN2O2. The van der Waals surface area contributed by atoms with E-state index in [1.165, 1.54) is 0 Å². The third-order valence-electron chi connectivity index (χ3n) is 5.33. The number of nitrogens with one attached hydrogen (secondary N) is 1. The van der Waals surface area contributed by atoms with Crippen LogP contribution in [0.4, 0.5) is 0 Å². The molecule has 1 amide bonds. The average Bonchev–Trinajstić information content (AvgIpc) is 2.38. The molecular weight excluding hydrogens is 288 g/mol. The number of hydrogen-bond acceptors (Lipinski definition) is 3. The lowest BCUT2D eigenvalue weighted by Crippen LogP contribution is -2.79. The predicted octanol–water partition coefficient (Wildman–Crippen LogP) is 1.63. The molecule has 2 aliphatic carbocycles. The van der Waals surface area contributed by atoms with Gasteiger partial charge in [-0.15, -0.1) is 0 Å². The predicted molar refractivity (Wildman–Crippen MR) is 82.0 cm³/mol. The Morgan fingerprint density at radius 1 is 1.43 bits per heavy atom. The van der Waals surface area contributed by atoms with Crippen LogP contribution in [0.15, 0.2) is 24.3 Å². The first-order chi connectivity index (χ1) is 9.99. The molecule has 1 spiro atoms. The highest BCUT2D eigenvalue weighted by Gasteiger charge is 2.69. The summed E-state index contributed by atoms with van der Waals surface area (Å²) in [5.41, 5.74) is 6.03. The molecule has 4 nitrogen and oxygen atoms in total. The highest BCUT2D eigenvalue weighted by molar-refractivity contribution is 6.31. The Kier molecular flexibility index (Phi) is 3.72.